The third-order valence-electron chi connectivity index (χ3n) is 3.49. The molecule has 1 saturated heterocycles. The van der Waals surface area contributed by atoms with Crippen LogP contribution in [0.25, 0.3) is 0 Å². The average Bonchev–Trinajstić information content (AvgIpc) is 2.48. The van der Waals surface area contributed by atoms with E-state index in [1.165, 1.54) is 0 Å². The van der Waals surface area contributed by atoms with Gasteiger partial charge in [-0.15, -0.1) is 0 Å². The van der Waals surface area contributed by atoms with Crippen molar-refractivity contribution in [3.05, 3.63) is 24.0 Å². The van der Waals surface area contributed by atoms with Gasteiger partial charge in [0.1, 0.15) is 0 Å². The molecule has 1 unspecified atom stereocenters. The second-order valence-electron chi connectivity index (χ2n) is 4.92. The van der Waals surface area contributed by atoms with Crippen LogP contribution in [0.15, 0.2) is 18.5 Å². The van der Waals surface area contributed by atoms with Gasteiger partial charge in [-0.2, -0.15) is 0 Å². The molecule has 0 saturated carbocycles. The molecule has 1 aliphatic heterocycles. The number of amides is 1. The Morgan fingerprint density at radius 1 is 1.55 bits per heavy atom. The lowest BCUT2D eigenvalue weighted by Crippen LogP contribution is -2.43. The summed E-state index contributed by atoms with van der Waals surface area (Å²) in [6, 6.07) is 1.85. The number of carbonyl (C=O) groups excluding carboxylic acids is 1. The molecule has 1 aromatic heterocycles. The van der Waals surface area contributed by atoms with Gasteiger partial charge in [-0.1, -0.05) is 0 Å². The lowest BCUT2D eigenvalue weighted by Gasteiger charge is -2.32. The van der Waals surface area contributed by atoms with Crippen molar-refractivity contribution in [1.82, 2.24) is 9.88 Å². The normalized spacial score (nSPS) is 18.9. The van der Waals surface area contributed by atoms with Crippen molar-refractivity contribution in [2.45, 2.75) is 32.8 Å². The number of hydrogen-bond acceptors (Lipinski definition) is 4. The van der Waals surface area contributed by atoms with E-state index in [-0.39, 0.29) is 12.0 Å². The first-order valence-electron chi connectivity index (χ1n) is 7.35. The maximum Gasteiger partial charge on any atom is 0.257 e. The number of likely N-dealkylation sites (tertiary alicyclic amines) is 1. The van der Waals surface area contributed by atoms with Gasteiger partial charge in [0, 0.05) is 38.6 Å². The number of rotatable bonds is 5. The summed E-state index contributed by atoms with van der Waals surface area (Å²) >= 11 is 0. The molecule has 110 valence electrons. The van der Waals surface area contributed by atoms with E-state index >= 15 is 0 Å². The highest BCUT2D eigenvalue weighted by molar-refractivity contribution is 5.99. The molecule has 2 heterocycles. The number of aromatic nitrogens is 1. The van der Waals surface area contributed by atoms with Crippen LogP contribution in [0.5, 0.6) is 0 Å². The molecule has 5 nitrogen and oxygen atoms in total. The van der Waals surface area contributed by atoms with Gasteiger partial charge in [0.2, 0.25) is 0 Å². The molecule has 0 spiro atoms. The van der Waals surface area contributed by atoms with E-state index in [2.05, 4.69) is 10.3 Å². The van der Waals surface area contributed by atoms with Crippen molar-refractivity contribution < 1.29 is 9.53 Å². The fourth-order valence-electron chi connectivity index (χ4n) is 2.57. The lowest BCUT2D eigenvalue weighted by atomic mass is 10.1. The number of nitrogens with zero attached hydrogens (tertiary/aromatic N) is 2. The second kappa shape index (κ2) is 7.24. The summed E-state index contributed by atoms with van der Waals surface area (Å²) in [6.07, 6.45) is 5.54. The highest BCUT2D eigenvalue weighted by Crippen LogP contribution is 2.20. The Balaban J connectivity index is 2.10. The van der Waals surface area contributed by atoms with Gasteiger partial charge in [-0.25, -0.2) is 0 Å². The van der Waals surface area contributed by atoms with Crippen LogP contribution in [0.1, 0.15) is 37.0 Å². The van der Waals surface area contributed by atoms with Crippen LogP contribution in [-0.2, 0) is 4.74 Å². The summed E-state index contributed by atoms with van der Waals surface area (Å²) in [4.78, 5) is 18.6. The standard InChI is InChI=1S/C15H23N3O2/c1-3-17-14-7-8-16-10-13(14)15(19)18-9-5-6-12(11-18)20-4-2/h7-8,10,12H,3-6,9,11H2,1-2H3,(H,16,17). The van der Waals surface area contributed by atoms with E-state index in [4.69, 9.17) is 4.74 Å². The zero-order valence-electron chi connectivity index (χ0n) is 12.3. The van der Waals surface area contributed by atoms with E-state index in [1.54, 1.807) is 12.4 Å². The molecule has 0 bridgehead atoms. The monoisotopic (exact) mass is 277 g/mol. The molecular weight excluding hydrogens is 254 g/mol. The summed E-state index contributed by atoms with van der Waals surface area (Å²) in [5.74, 6) is 0.0402. The van der Waals surface area contributed by atoms with Gasteiger partial charge in [0.05, 0.1) is 17.4 Å². The van der Waals surface area contributed by atoms with Crippen LogP contribution in [0.4, 0.5) is 5.69 Å². The van der Waals surface area contributed by atoms with Gasteiger partial charge in [0.15, 0.2) is 0 Å². The Morgan fingerprint density at radius 2 is 2.40 bits per heavy atom. The quantitative estimate of drug-likeness (QED) is 0.896. The van der Waals surface area contributed by atoms with Crippen LogP contribution < -0.4 is 5.32 Å². The number of anilines is 1. The largest absolute Gasteiger partial charge is 0.385 e. The maximum absolute atomic E-state index is 12.6. The zero-order chi connectivity index (χ0) is 14.4. The first kappa shape index (κ1) is 14.8. The van der Waals surface area contributed by atoms with Crippen molar-refractivity contribution in [2.24, 2.45) is 0 Å². The van der Waals surface area contributed by atoms with E-state index < -0.39 is 0 Å². The molecule has 2 rings (SSSR count). The fraction of sp³-hybridized carbons (Fsp3) is 0.600. The van der Waals surface area contributed by atoms with Crippen molar-refractivity contribution >= 4 is 11.6 Å². The molecule has 5 heteroatoms. The average molecular weight is 277 g/mol. The molecule has 0 aliphatic carbocycles. The first-order valence-corrected chi connectivity index (χ1v) is 7.35. The minimum absolute atomic E-state index is 0.0402. The summed E-state index contributed by atoms with van der Waals surface area (Å²) in [5, 5.41) is 3.21. The molecule has 1 aromatic rings. The van der Waals surface area contributed by atoms with E-state index in [0.29, 0.717) is 18.7 Å². The molecule has 1 amide bonds. The van der Waals surface area contributed by atoms with Crippen LogP contribution >= 0.6 is 0 Å². The fourth-order valence-corrected chi connectivity index (χ4v) is 2.57. The summed E-state index contributed by atoms with van der Waals surface area (Å²) in [7, 11) is 0. The van der Waals surface area contributed by atoms with Crippen molar-refractivity contribution in [3.8, 4) is 0 Å². The van der Waals surface area contributed by atoms with Crippen LogP contribution in [0.3, 0.4) is 0 Å². The number of ether oxygens (including phenoxy) is 1. The molecule has 1 aliphatic rings. The highest BCUT2D eigenvalue weighted by atomic mass is 16.5. The predicted molar refractivity (Wildman–Crippen MR) is 79.0 cm³/mol. The zero-order valence-corrected chi connectivity index (χ0v) is 12.3. The van der Waals surface area contributed by atoms with E-state index in [9.17, 15) is 4.79 Å². The molecule has 1 atom stereocenters. The number of carbonyl (C=O) groups is 1. The number of hydrogen-bond donors (Lipinski definition) is 1. The highest BCUT2D eigenvalue weighted by Gasteiger charge is 2.26. The molecule has 1 fully saturated rings. The summed E-state index contributed by atoms with van der Waals surface area (Å²) < 4.78 is 5.65. The van der Waals surface area contributed by atoms with Crippen LogP contribution in [0, 0.1) is 0 Å². The van der Waals surface area contributed by atoms with Gasteiger partial charge < -0.3 is 15.0 Å². The summed E-state index contributed by atoms with van der Waals surface area (Å²) in [5.41, 5.74) is 1.50. The number of piperidine rings is 1. The lowest BCUT2D eigenvalue weighted by molar-refractivity contribution is 0.00726. The second-order valence-corrected chi connectivity index (χ2v) is 4.92. The SMILES string of the molecule is CCNc1ccncc1C(=O)N1CCCC(OCC)C1. The third-order valence-corrected chi connectivity index (χ3v) is 3.49. The van der Waals surface area contributed by atoms with Gasteiger partial charge in [-0.05, 0) is 32.8 Å². The Hall–Kier alpha value is -1.62. The Morgan fingerprint density at radius 3 is 3.15 bits per heavy atom. The molecular formula is C15H23N3O2. The van der Waals surface area contributed by atoms with Crippen molar-refractivity contribution in [2.75, 3.05) is 31.6 Å². The predicted octanol–water partition coefficient (Wildman–Crippen LogP) is 2.15. The van der Waals surface area contributed by atoms with Gasteiger partial charge in [-0.3, -0.25) is 9.78 Å². The first-order chi connectivity index (χ1) is 9.76. The van der Waals surface area contributed by atoms with Crippen molar-refractivity contribution in [3.63, 3.8) is 0 Å². The smallest absolute Gasteiger partial charge is 0.257 e. The third kappa shape index (κ3) is 3.48. The number of pyridine rings is 1. The van der Waals surface area contributed by atoms with E-state index in [1.807, 2.05) is 24.8 Å². The van der Waals surface area contributed by atoms with Gasteiger partial charge in [0.25, 0.3) is 5.91 Å². The minimum Gasteiger partial charge on any atom is -0.385 e. The number of nitrogens with one attached hydrogen (secondary N) is 1. The molecule has 20 heavy (non-hydrogen) atoms. The van der Waals surface area contributed by atoms with Crippen LogP contribution in [0.2, 0.25) is 0 Å². The van der Waals surface area contributed by atoms with Gasteiger partial charge >= 0.3 is 0 Å². The minimum atomic E-state index is 0.0402. The van der Waals surface area contributed by atoms with Crippen LogP contribution in [-0.4, -0.2) is 48.1 Å². The molecule has 0 aromatic carbocycles. The molecule has 0 radical (unpaired) electrons. The van der Waals surface area contributed by atoms with Crippen molar-refractivity contribution in [1.29, 1.82) is 0 Å². The van der Waals surface area contributed by atoms with E-state index in [0.717, 1.165) is 31.6 Å². The summed E-state index contributed by atoms with van der Waals surface area (Å²) in [6.45, 7) is 6.95. The Labute approximate surface area is 120 Å². The Bertz CT molecular complexity index is 448. The topological polar surface area (TPSA) is 54.5 Å². The Kier molecular flexibility index (Phi) is 5.35. The molecule has 1 N–H and O–H groups in total. The maximum atomic E-state index is 12.6.